The molecule has 0 unspecified atom stereocenters. The van der Waals surface area contributed by atoms with Crippen LogP contribution >= 0.6 is 11.3 Å². The van der Waals surface area contributed by atoms with Crippen molar-refractivity contribution in [1.82, 2.24) is 9.71 Å². The van der Waals surface area contributed by atoms with Crippen molar-refractivity contribution in [3.63, 3.8) is 0 Å². The largest absolute Gasteiger partial charge is 0.416 e. The molecule has 0 fully saturated rings. The fourth-order valence-electron chi connectivity index (χ4n) is 3.00. The van der Waals surface area contributed by atoms with Gasteiger partial charge < -0.3 is 4.90 Å². The highest BCUT2D eigenvalue weighted by atomic mass is 32.2. The van der Waals surface area contributed by atoms with Gasteiger partial charge in [0, 0.05) is 10.6 Å². The van der Waals surface area contributed by atoms with Crippen LogP contribution in [0.5, 0.6) is 0 Å². The molecule has 0 saturated carbocycles. The summed E-state index contributed by atoms with van der Waals surface area (Å²) >= 11 is 0.993. The van der Waals surface area contributed by atoms with Crippen molar-refractivity contribution in [1.29, 1.82) is 5.26 Å². The average Bonchev–Trinajstić information content (AvgIpc) is 3.11. The third kappa shape index (κ3) is 6.09. The molecule has 34 heavy (non-hydrogen) atoms. The summed E-state index contributed by atoms with van der Waals surface area (Å²) in [5.41, 5.74) is -0.630. The third-order valence-corrected chi connectivity index (χ3v) is 5.99. The van der Waals surface area contributed by atoms with E-state index in [1.807, 2.05) is 10.8 Å². The Kier molecular flexibility index (Phi) is 6.94. The van der Waals surface area contributed by atoms with Gasteiger partial charge in [-0.05, 0) is 55.0 Å². The number of alkyl halides is 3. The number of aromatic nitrogens is 1. The highest BCUT2D eigenvalue weighted by Crippen LogP contribution is 2.35. The molecule has 0 atom stereocenters. The van der Waals surface area contributed by atoms with Gasteiger partial charge in [0.2, 0.25) is 10.0 Å². The normalized spacial score (nSPS) is 11.7. The summed E-state index contributed by atoms with van der Waals surface area (Å²) in [4.78, 5) is 18.3. The summed E-state index contributed by atoms with van der Waals surface area (Å²) in [6.45, 7) is 1.27. The summed E-state index contributed by atoms with van der Waals surface area (Å²) < 4.78 is 78.1. The Morgan fingerprint density at radius 3 is 2.41 bits per heavy atom. The molecule has 1 N–H and O–H groups in total. The van der Waals surface area contributed by atoms with Crippen molar-refractivity contribution in [2.45, 2.75) is 19.6 Å². The van der Waals surface area contributed by atoms with E-state index in [0.29, 0.717) is 22.2 Å². The zero-order chi connectivity index (χ0) is 25.3. The second-order valence-electron chi connectivity index (χ2n) is 7.20. The number of anilines is 2. The molecular weight excluding hydrogens is 496 g/mol. The van der Waals surface area contributed by atoms with E-state index in [-0.39, 0.29) is 22.9 Å². The molecule has 0 aliphatic rings. The van der Waals surface area contributed by atoms with Crippen LogP contribution in [0.1, 0.15) is 32.1 Å². The summed E-state index contributed by atoms with van der Waals surface area (Å²) in [5, 5.41) is 9.19. The molecule has 13 heteroatoms. The summed E-state index contributed by atoms with van der Waals surface area (Å²) in [6.07, 6.45) is -3.95. The number of halogens is 4. The number of amides is 1. The standard InChI is InChI=1S/C21H16F4N4O3S2/c1-12-18(19(30)28-34(2,31)32)27-20(33-12)29(17-5-3-13(10-26)4-6-17)11-14-7-15(21(23,24)25)9-16(22)8-14/h3-9H,11H2,1-2H3,(H,28,30). The summed E-state index contributed by atoms with van der Waals surface area (Å²) in [6, 6.07) is 10.1. The van der Waals surface area contributed by atoms with Gasteiger partial charge in [-0.2, -0.15) is 18.4 Å². The Bertz CT molecular complexity index is 1380. The quantitative estimate of drug-likeness (QED) is 0.488. The van der Waals surface area contributed by atoms with Crippen molar-refractivity contribution in [2.24, 2.45) is 0 Å². The zero-order valence-corrected chi connectivity index (χ0v) is 19.3. The number of carbonyl (C=O) groups is 1. The number of hydrogen-bond acceptors (Lipinski definition) is 7. The minimum atomic E-state index is -4.76. The molecule has 0 saturated heterocycles. The van der Waals surface area contributed by atoms with Gasteiger partial charge >= 0.3 is 6.18 Å². The number of sulfonamides is 1. The fourth-order valence-corrected chi connectivity index (χ4v) is 4.36. The highest BCUT2D eigenvalue weighted by molar-refractivity contribution is 7.89. The Morgan fingerprint density at radius 1 is 1.21 bits per heavy atom. The molecule has 178 valence electrons. The number of carbonyl (C=O) groups excluding carboxylic acids is 1. The third-order valence-electron chi connectivity index (χ3n) is 4.44. The van der Waals surface area contributed by atoms with Crippen molar-refractivity contribution in [2.75, 3.05) is 11.2 Å². The minimum absolute atomic E-state index is 0.0216. The molecule has 0 bridgehead atoms. The Labute approximate surface area is 196 Å². The lowest BCUT2D eigenvalue weighted by Crippen LogP contribution is -2.30. The topological polar surface area (TPSA) is 103 Å². The van der Waals surface area contributed by atoms with Gasteiger partial charge in [0.05, 0.1) is 30.0 Å². The molecule has 0 aliphatic heterocycles. The summed E-state index contributed by atoms with van der Waals surface area (Å²) in [5.74, 6) is -2.04. The number of benzene rings is 2. The van der Waals surface area contributed by atoms with E-state index in [9.17, 15) is 30.8 Å². The van der Waals surface area contributed by atoms with Crippen LogP contribution in [-0.2, 0) is 22.7 Å². The van der Waals surface area contributed by atoms with Gasteiger partial charge in [0.15, 0.2) is 5.13 Å². The smallest absolute Gasteiger partial charge is 0.313 e. The van der Waals surface area contributed by atoms with Crippen LogP contribution in [0.4, 0.5) is 28.4 Å². The fraction of sp³-hybridized carbons (Fsp3) is 0.190. The molecule has 0 aliphatic carbocycles. The maximum absolute atomic E-state index is 14.0. The molecule has 3 aromatic rings. The molecule has 0 spiro atoms. The van der Waals surface area contributed by atoms with Crippen LogP contribution in [0.3, 0.4) is 0 Å². The molecule has 1 aromatic heterocycles. The van der Waals surface area contributed by atoms with Crippen LogP contribution in [-0.4, -0.2) is 25.6 Å². The first-order chi connectivity index (χ1) is 15.8. The monoisotopic (exact) mass is 512 g/mol. The maximum atomic E-state index is 14.0. The number of nitriles is 1. The van der Waals surface area contributed by atoms with Crippen LogP contribution in [0.15, 0.2) is 42.5 Å². The van der Waals surface area contributed by atoms with E-state index in [1.54, 1.807) is 0 Å². The first-order valence-electron chi connectivity index (χ1n) is 9.41. The van der Waals surface area contributed by atoms with Gasteiger partial charge in [0.1, 0.15) is 11.5 Å². The van der Waals surface area contributed by atoms with Crippen molar-refractivity contribution >= 4 is 38.1 Å². The lowest BCUT2D eigenvalue weighted by atomic mass is 10.1. The zero-order valence-electron chi connectivity index (χ0n) is 17.6. The van der Waals surface area contributed by atoms with E-state index in [2.05, 4.69) is 4.98 Å². The number of hydrogen-bond donors (Lipinski definition) is 1. The van der Waals surface area contributed by atoms with Crippen LogP contribution in [0.2, 0.25) is 0 Å². The number of rotatable bonds is 6. The maximum Gasteiger partial charge on any atom is 0.416 e. The van der Waals surface area contributed by atoms with E-state index in [4.69, 9.17) is 5.26 Å². The minimum Gasteiger partial charge on any atom is -0.313 e. The van der Waals surface area contributed by atoms with Crippen molar-refractivity contribution in [3.8, 4) is 6.07 Å². The number of aryl methyl sites for hydroxylation is 1. The predicted molar refractivity (Wildman–Crippen MR) is 118 cm³/mol. The Hall–Kier alpha value is -3.50. The van der Waals surface area contributed by atoms with E-state index in [0.717, 1.165) is 29.7 Å². The van der Waals surface area contributed by atoms with Crippen molar-refractivity contribution < 1.29 is 30.8 Å². The second kappa shape index (κ2) is 9.40. The molecular formula is C21H16F4N4O3S2. The number of nitrogens with zero attached hydrogens (tertiary/aromatic N) is 3. The highest BCUT2D eigenvalue weighted by Gasteiger charge is 2.32. The number of thiazole rings is 1. The van der Waals surface area contributed by atoms with Crippen LogP contribution in [0.25, 0.3) is 0 Å². The van der Waals surface area contributed by atoms with Gasteiger partial charge in [-0.15, -0.1) is 11.3 Å². The summed E-state index contributed by atoms with van der Waals surface area (Å²) in [7, 11) is -3.86. The van der Waals surface area contributed by atoms with Crippen molar-refractivity contribution in [3.05, 3.63) is 75.5 Å². The molecule has 1 amide bonds. The number of nitrogens with one attached hydrogen (secondary N) is 1. The lowest BCUT2D eigenvalue weighted by Gasteiger charge is -2.23. The molecule has 2 aromatic carbocycles. The van der Waals surface area contributed by atoms with Crippen LogP contribution in [0, 0.1) is 24.1 Å². The van der Waals surface area contributed by atoms with Gasteiger partial charge in [-0.25, -0.2) is 22.5 Å². The second-order valence-corrected chi connectivity index (χ2v) is 10.1. The lowest BCUT2D eigenvalue weighted by molar-refractivity contribution is -0.137. The Balaban J connectivity index is 2.08. The SMILES string of the molecule is Cc1sc(N(Cc2cc(F)cc(C(F)(F)F)c2)c2ccc(C#N)cc2)nc1C(=O)NS(C)(=O)=O. The first-order valence-corrected chi connectivity index (χ1v) is 12.1. The molecule has 3 rings (SSSR count). The van der Waals surface area contributed by atoms with E-state index < -0.39 is 33.5 Å². The molecule has 1 heterocycles. The van der Waals surface area contributed by atoms with Crippen LogP contribution < -0.4 is 9.62 Å². The molecule has 7 nitrogen and oxygen atoms in total. The van der Waals surface area contributed by atoms with Gasteiger partial charge in [-0.3, -0.25) is 4.79 Å². The molecule has 0 radical (unpaired) electrons. The Morgan fingerprint density at radius 2 is 1.85 bits per heavy atom. The first kappa shape index (κ1) is 25.1. The van der Waals surface area contributed by atoms with Gasteiger partial charge in [-0.1, -0.05) is 0 Å². The predicted octanol–water partition coefficient (Wildman–Crippen LogP) is 4.51. The van der Waals surface area contributed by atoms with E-state index in [1.165, 1.54) is 36.1 Å². The average molecular weight is 513 g/mol. The van der Waals surface area contributed by atoms with E-state index >= 15 is 0 Å². The van der Waals surface area contributed by atoms with Gasteiger partial charge in [0.25, 0.3) is 5.91 Å².